The van der Waals surface area contributed by atoms with Gasteiger partial charge in [0.2, 0.25) is 0 Å². The van der Waals surface area contributed by atoms with Crippen molar-refractivity contribution in [2.45, 2.75) is 18.9 Å². The molecule has 0 saturated carbocycles. The summed E-state index contributed by atoms with van der Waals surface area (Å²) in [6.07, 6.45) is 1.00. The van der Waals surface area contributed by atoms with E-state index in [9.17, 15) is 13.9 Å². The highest BCUT2D eigenvalue weighted by atomic mass is 19.1. The molecule has 0 spiro atoms. The van der Waals surface area contributed by atoms with Crippen LogP contribution < -0.4 is 5.73 Å². The molecule has 0 fully saturated rings. The Morgan fingerprint density at radius 3 is 2.77 bits per heavy atom. The van der Waals surface area contributed by atoms with Crippen LogP contribution in [-0.2, 0) is 6.42 Å². The van der Waals surface area contributed by atoms with Crippen LogP contribution in [0.2, 0.25) is 0 Å². The molecule has 0 saturated heterocycles. The first-order chi connectivity index (χ1) is 6.11. The molecule has 0 radical (unpaired) electrons. The minimum absolute atomic E-state index is 0.263. The van der Waals surface area contributed by atoms with E-state index in [-0.39, 0.29) is 5.56 Å². The average Bonchev–Trinajstić information content (AvgIpc) is 2.44. The summed E-state index contributed by atoms with van der Waals surface area (Å²) in [5.41, 5.74) is 6.18. The van der Waals surface area contributed by atoms with Crippen molar-refractivity contribution < 1.29 is 13.9 Å². The third-order valence-corrected chi connectivity index (χ3v) is 2.42. The van der Waals surface area contributed by atoms with E-state index >= 15 is 0 Å². The molecule has 1 aliphatic rings. The van der Waals surface area contributed by atoms with Gasteiger partial charge in [-0.15, -0.1) is 0 Å². The maximum Gasteiger partial charge on any atom is 0.168 e. The first-order valence-corrected chi connectivity index (χ1v) is 4.06. The van der Waals surface area contributed by atoms with E-state index in [0.29, 0.717) is 24.5 Å². The number of phenolic OH excluding ortho intramolecular Hbond substituents is 1. The second-order valence-electron chi connectivity index (χ2n) is 3.23. The molecule has 2 rings (SSSR count). The number of phenols is 1. The Morgan fingerprint density at radius 2 is 2.08 bits per heavy atom. The summed E-state index contributed by atoms with van der Waals surface area (Å²) in [6.45, 7) is 0. The number of fused-ring (bicyclic) bond motifs is 1. The number of rotatable bonds is 0. The maximum absolute atomic E-state index is 13.2. The van der Waals surface area contributed by atoms with Crippen LogP contribution in [0.5, 0.6) is 5.75 Å². The molecule has 1 aliphatic carbocycles. The molecular weight excluding hydrogens is 176 g/mol. The van der Waals surface area contributed by atoms with Crippen LogP contribution in [0.3, 0.4) is 0 Å². The fourth-order valence-electron chi connectivity index (χ4n) is 1.77. The Morgan fingerprint density at radius 1 is 1.38 bits per heavy atom. The Bertz CT molecular complexity index is 365. The summed E-state index contributed by atoms with van der Waals surface area (Å²) in [6, 6.07) is 0.265. The molecule has 0 bridgehead atoms. The lowest BCUT2D eigenvalue weighted by molar-refractivity contribution is 0.421. The fraction of sp³-hybridized carbons (Fsp3) is 0.333. The Hall–Kier alpha value is -1.16. The van der Waals surface area contributed by atoms with E-state index < -0.39 is 23.4 Å². The number of hydrogen-bond donors (Lipinski definition) is 2. The predicted octanol–water partition coefficient (Wildman–Crippen LogP) is 1.62. The molecule has 1 atom stereocenters. The summed E-state index contributed by atoms with van der Waals surface area (Å²) < 4.78 is 26.0. The lowest BCUT2D eigenvalue weighted by Gasteiger charge is -2.07. The van der Waals surface area contributed by atoms with Crippen molar-refractivity contribution in [2.75, 3.05) is 0 Å². The van der Waals surface area contributed by atoms with Crippen molar-refractivity contribution in [3.8, 4) is 5.75 Å². The molecule has 0 aliphatic heterocycles. The lowest BCUT2D eigenvalue weighted by atomic mass is 10.1. The number of benzene rings is 1. The van der Waals surface area contributed by atoms with Crippen molar-refractivity contribution in [3.63, 3.8) is 0 Å². The second kappa shape index (κ2) is 2.67. The van der Waals surface area contributed by atoms with Gasteiger partial charge in [0.05, 0.1) is 0 Å². The topological polar surface area (TPSA) is 46.2 Å². The minimum atomic E-state index is -0.912. The summed E-state index contributed by atoms with van der Waals surface area (Å²) in [4.78, 5) is 0. The lowest BCUT2D eigenvalue weighted by Crippen LogP contribution is -2.07. The molecule has 0 unspecified atom stereocenters. The fourth-order valence-corrected chi connectivity index (χ4v) is 1.77. The zero-order valence-corrected chi connectivity index (χ0v) is 6.85. The third kappa shape index (κ3) is 1.09. The van der Waals surface area contributed by atoms with E-state index in [4.69, 9.17) is 5.73 Å². The van der Waals surface area contributed by atoms with E-state index in [2.05, 4.69) is 0 Å². The molecule has 0 aromatic heterocycles. The van der Waals surface area contributed by atoms with Crippen LogP contribution in [0.1, 0.15) is 23.6 Å². The highest BCUT2D eigenvalue weighted by molar-refractivity contribution is 5.45. The van der Waals surface area contributed by atoms with Gasteiger partial charge in [-0.2, -0.15) is 0 Å². The number of nitrogens with two attached hydrogens (primary N) is 1. The van der Waals surface area contributed by atoms with Crippen LogP contribution in [0.15, 0.2) is 6.07 Å². The largest absolute Gasteiger partial charge is 0.505 e. The van der Waals surface area contributed by atoms with Crippen molar-refractivity contribution in [2.24, 2.45) is 5.73 Å². The Labute approximate surface area is 74.0 Å². The number of halogens is 2. The molecule has 3 N–H and O–H groups in total. The highest BCUT2D eigenvalue weighted by Crippen LogP contribution is 2.38. The molecule has 13 heavy (non-hydrogen) atoms. The molecule has 0 amide bonds. The van der Waals surface area contributed by atoms with Gasteiger partial charge in [0.25, 0.3) is 0 Å². The van der Waals surface area contributed by atoms with Gasteiger partial charge in [-0.25, -0.2) is 8.78 Å². The van der Waals surface area contributed by atoms with Gasteiger partial charge in [-0.05, 0) is 12.8 Å². The van der Waals surface area contributed by atoms with Crippen LogP contribution in [0.4, 0.5) is 8.78 Å². The SMILES string of the molecule is N[C@@H]1CCc2c(O)c(F)cc(F)c21. The van der Waals surface area contributed by atoms with Crippen LogP contribution in [0, 0.1) is 11.6 Å². The number of aromatic hydroxyl groups is 1. The van der Waals surface area contributed by atoms with Crippen molar-refractivity contribution in [1.82, 2.24) is 0 Å². The highest BCUT2D eigenvalue weighted by Gasteiger charge is 2.27. The molecule has 2 nitrogen and oxygen atoms in total. The minimum Gasteiger partial charge on any atom is -0.505 e. The van der Waals surface area contributed by atoms with Crippen molar-refractivity contribution >= 4 is 0 Å². The molecule has 1 aromatic rings. The maximum atomic E-state index is 13.2. The van der Waals surface area contributed by atoms with Gasteiger partial charge in [0, 0.05) is 23.2 Å². The standard InChI is InChI=1S/C9H9F2NO/c10-5-3-6(11)9(13)4-1-2-7(12)8(4)5/h3,7,13H,1-2,12H2/t7-/m1/s1. The van der Waals surface area contributed by atoms with Crippen LogP contribution in [0.25, 0.3) is 0 Å². The quantitative estimate of drug-likeness (QED) is 0.645. The molecule has 0 heterocycles. The summed E-state index contributed by atoms with van der Waals surface area (Å²) in [5.74, 6) is -2.02. The van der Waals surface area contributed by atoms with E-state index in [1.54, 1.807) is 0 Å². The average molecular weight is 185 g/mol. The molecular formula is C9H9F2NO. The molecule has 4 heteroatoms. The smallest absolute Gasteiger partial charge is 0.168 e. The monoisotopic (exact) mass is 185 g/mol. The van der Waals surface area contributed by atoms with Gasteiger partial charge in [0.15, 0.2) is 11.6 Å². The van der Waals surface area contributed by atoms with Crippen LogP contribution in [-0.4, -0.2) is 5.11 Å². The third-order valence-electron chi connectivity index (χ3n) is 2.42. The first-order valence-electron chi connectivity index (χ1n) is 4.06. The zero-order valence-electron chi connectivity index (χ0n) is 6.85. The van der Waals surface area contributed by atoms with Gasteiger partial charge < -0.3 is 10.8 Å². The summed E-state index contributed by atoms with van der Waals surface area (Å²) >= 11 is 0. The van der Waals surface area contributed by atoms with Gasteiger partial charge in [-0.1, -0.05) is 0 Å². The molecule has 70 valence electrons. The molecule has 1 aromatic carbocycles. The van der Waals surface area contributed by atoms with Gasteiger partial charge in [0.1, 0.15) is 5.82 Å². The number of hydrogen-bond acceptors (Lipinski definition) is 2. The van der Waals surface area contributed by atoms with Crippen LogP contribution >= 0.6 is 0 Å². The van der Waals surface area contributed by atoms with Crippen molar-refractivity contribution in [1.29, 1.82) is 0 Å². The Balaban J connectivity index is 2.69. The summed E-state index contributed by atoms with van der Waals surface area (Å²) in [7, 11) is 0. The van der Waals surface area contributed by atoms with E-state index in [0.717, 1.165) is 0 Å². The summed E-state index contributed by atoms with van der Waals surface area (Å²) in [5, 5.41) is 9.26. The van der Waals surface area contributed by atoms with E-state index in [1.807, 2.05) is 0 Å². The van der Waals surface area contributed by atoms with Crippen molar-refractivity contribution in [3.05, 3.63) is 28.8 Å². The normalized spacial score (nSPS) is 20.4. The zero-order chi connectivity index (χ0) is 9.59. The first kappa shape index (κ1) is 8.44. The van der Waals surface area contributed by atoms with Gasteiger partial charge >= 0.3 is 0 Å². The Kier molecular flexibility index (Phi) is 1.73. The predicted molar refractivity (Wildman–Crippen MR) is 43.3 cm³/mol. The van der Waals surface area contributed by atoms with E-state index in [1.165, 1.54) is 0 Å². The second-order valence-corrected chi connectivity index (χ2v) is 3.23. The van der Waals surface area contributed by atoms with Gasteiger partial charge in [-0.3, -0.25) is 0 Å².